The maximum atomic E-state index is 5.26. The zero-order chi connectivity index (χ0) is 16.8. The molecule has 128 valence electrons. The predicted molar refractivity (Wildman–Crippen MR) is 97.8 cm³/mol. The molecule has 0 aliphatic heterocycles. The molecule has 1 fully saturated rings. The van der Waals surface area contributed by atoms with Crippen LogP contribution < -0.4 is 15.4 Å². The molecule has 0 spiro atoms. The normalized spacial score (nSPS) is 14.6. The summed E-state index contributed by atoms with van der Waals surface area (Å²) in [6.07, 6.45) is 5.96. The highest BCUT2D eigenvalue weighted by Crippen LogP contribution is 2.21. The number of nitrogens with one attached hydrogen (secondary N) is 2. The fraction of sp³-hybridized carbons (Fsp3) is 0.474. The van der Waals surface area contributed by atoms with E-state index in [2.05, 4.69) is 32.7 Å². The van der Waals surface area contributed by atoms with Crippen molar-refractivity contribution in [1.29, 1.82) is 0 Å². The van der Waals surface area contributed by atoms with Gasteiger partial charge in [0.05, 0.1) is 7.11 Å². The summed E-state index contributed by atoms with van der Waals surface area (Å²) >= 11 is 0. The number of ether oxygens (including phenoxy) is 1. The molecule has 0 radical (unpaired) electrons. The van der Waals surface area contributed by atoms with Gasteiger partial charge in [-0.2, -0.15) is 4.98 Å². The Kier molecular flexibility index (Phi) is 5.51. The highest BCUT2D eigenvalue weighted by molar-refractivity contribution is 5.43. The lowest BCUT2D eigenvalue weighted by Crippen LogP contribution is -2.17. The number of aryl methyl sites for hydroxylation is 1. The van der Waals surface area contributed by atoms with E-state index < -0.39 is 0 Å². The SMILES string of the molecule is COc1cccc(CCNc2cc(C)nc(NC3CCCC3)n2)c1. The van der Waals surface area contributed by atoms with E-state index in [-0.39, 0.29) is 0 Å². The number of rotatable bonds is 7. The van der Waals surface area contributed by atoms with E-state index in [4.69, 9.17) is 4.74 Å². The van der Waals surface area contributed by atoms with E-state index in [0.717, 1.165) is 36.2 Å². The zero-order valence-electron chi connectivity index (χ0n) is 14.5. The van der Waals surface area contributed by atoms with E-state index in [1.807, 2.05) is 25.1 Å². The summed E-state index contributed by atoms with van der Waals surface area (Å²) in [5, 5.41) is 6.87. The number of benzene rings is 1. The van der Waals surface area contributed by atoms with Crippen molar-refractivity contribution in [3.8, 4) is 5.75 Å². The molecule has 1 aliphatic rings. The minimum atomic E-state index is 0.524. The average molecular weight is 326 g/mol. The third-order valence-corrected chi connectivity index (χ3v) is 4.40. The molecule has 5 nitrogen and oxygen atoms in total. The summed E-state index contributed by atoms with van der Waals surface area (Å²) in [6, 6.07) is 10.7. The van der Waals surface area contributed by atoms with Crippen LogP contribution in [0.25, 0.3) is 0 Å². The first kappa shape index (κ1) is 16.6. The smallest absolute Gasteiger partial charge is 0.225 e. The van der Waals surface area contributed by atoms with Gasteiger partial charge in [0.25, 0.3) is 0 Å². The third kappa shape index (κ3) is 4.60. The van der Waals surface area contributed by atoms with Crippen molar-refractivity contribution in [3.05, 3.63) is 41.6 Å². The van der Waals surface area contributed by atoms with Crippen LogP contribution in [0.2, 0.25) is 0 Å². The van der Waals surface area contributed by atoms with Gasteiger partial charge in [-0.05, 0) is 43.9 Å². The van der Waals surface area contributed by atoms with Gasteiger partial charge in [-0.15, -0.1) is 0 Å². The van der Waals surface area contributed by atoms with E-state index in [1.165, 1.54) is 31.2 Å². The second-order valence-corrected chi connectivity index (χ2v) is 6.37. The van der Waals surface area contributed by atoms with Gasteiger partial charge in [-0.25, -0.2) is 4.98 Å². The minimum Gasteiger partial charge on any atom is -0.497 e. The van der Waals surface area contributed by atoms with E-state index in [0.29, 0.717) is 6.04 Å². The Bertz CT molecular complexity index is 668. The summed E-state index contributed by atoms with van der Waals surface area (Å²) in [4.78, 5) is 9.11. The van der Waals surface area contributed by atoms with Gasteiger partial charge >= 0.3 is 0 Å². The second-order valence-electron chi connectivity index (χ2n) is 6.37. The third-order valence-electron chi connectivity index (χ3n) is 4.40. The zero-order valence-corrected chi connectivity index (χ0v) is 14.5. The maximum Gasteiger partial charge on any atom is 0.225 e. The van der Waals surface area contributed by atoms with Gasteiger partial charge in [-0.3, -0.25) is 0 Å². The van der Waals surface area contributed by atoms with Gasteiger partial charge in [0.1, 0.15) is 11.6 Å². The summed E-state index contributed by atoms with van der Waals surface area (Å²) in [5.74, 6) is 2.52. The van der Waals surface area contributed by atoms with Crippen LogP contribution in [0, 0.1) is 6.92 Å². The van der Waals surface area contributed by atoms with E-state index >= 15 is 0 Å². The molecule has 1 saturated carbocycles. The van der Waals surface area contributed by atoms with Gasteiger partial charge in [0.2, 0.25) is 5.95 Å². The molecule has 0 atom stereocenters. The van der Waals surface area contributed by atoms with Crippen molar-refractivity contribution < 1.29 is 4.74 Å². The van der Waals surface area contributed by atoms with Crippen molar-refractivity contribution in [2.45, 2.75) is 45.1 Å². The van der Waals surface area contributed by atoms with Gasteiger partial charge in [0.15, 0.2) is 0 Å². The number of hydrogen-bond donors (Lipinski definition) is 2. The molecule has 0 bridgehead atoms. The fourth-order valence-electron chi connectivity index (χ4n) is 3.14. The molecule has 5 heteroatoms. The first-order valence-electron chi connectivity index (χ1n) is 8.72. The Balaban J connectivity index is 1.56. The molecule has 2 aromatic rings. The first-order valence-corrected chi connectivity index (χ1v) is 8.72. The van der Waals surface area contributed by atoms with Crippen molar-refractivity contribution in [3.63, 3.8) is 0 Å². The summed E-state index contributed by atoms with van der Waals surface area (Å²) in [6.45, 7) is 2.83. The molecule has 1 aromatic carbocycles. The van der Waals surface area contributed by atoms with E-state index in [1.54, 1.807) is 7.11 Å². The highest BCUT2D eigenvalue weighted by atomic mass is 16.5. The van der Waals surface area contributed by atoms with Crippen LogP contribution in [0.15, 0.2) is 30.3 Å². The molecule has 0 saturated heterocycles. The monoisotopic (exact) mass is 326 g/mol. The van der Waals surface area contributed by atoms with Crippen molar-refractivity contribution in [2.24, 2.45) is 0 Å². The Morgan fingerprint density at radius 1 is 1.17 bits per heavy atom. The molecular weight excluding hydrogens is 300 g/mol. The summed E-state index contributed by atoms with van der Waals surface area (Å²) in [7, 11) is 1.69. The first-order chi connectivity index (χ1) is 11.7. The fourth-order valence-corrected chi connectivity index (χ4v) is 3.14. The number of nitrogens with zero attached hydrogens (tertiary/aromatic N) is 2. The molecule has 1 aromatic heterocycles. The number of methoxy groups -OCH3 is 1. The average Bonchev–Trinajstić information content (AvgIpc) is 3.07. The van der Waals surface area contributed by atoms with Crippen molar-refractivity contribution >= 4 is 11.8 Å². The lowest BCUT2D eigenvalue weighted by molar-refractivity contribution is 0.414. The predicted octanol–water partition coefficient (Wildman–Crippen LogP) is 3.80. The van der Waals surface area contributed by atoms with Gasteiger partial charge in [-0.1, -0.05) is 25.0 Å². The van der Waals surface area contributed by atoms with Crippen LogP contribution in [0.5, 0.6) is 5.75 Å². The summed E-state index contributed by atoms with van der Waals surface area (Å²) in [5.41, 5.74) is 2.23. The molecule has 3 rings (SSSR count). The highest BCUT2D eigenvalue weighted by Gasteiger charge is 2.16. The van der Waals surface area contributed by atoms with Gasteiger partial charge < -0.3 is 15.4 Å². The Labute approximate surface area is 143 Å². The van der Waals surface area contributed by atoms with Crippen LogP contribution in [0.3, 0.4) is 0 Å². The molecule has 24 heavy (non-hydrogen) atoms. The van der Waals surface area contributed by atoms with Crippen LogP contribution in [0.4, 0.5) is 11.8 Å². The van der Waals surface area contributed by atoms with E-state index in [9.17, 15) is 0 Å². The Hall–Kier alpha value is -2.30. The van der Waals surface area contributed by atoms with Crippen molar-refractivity contribution in [1.82, 2.24) is 9.97 Å². The number of aromatic nitrogens is 2. The molecule has 0 unspecified atom stereocenters. The molecule has 0 amide bonds. The Morgan fingerprint density at radius 3 is 2.79 bits per heavy atom. The molecule has 1 aliphatic carbocycles. The number of anilines is 2. The van der Waals surface area contributed by atoms with Crippen molar-refractivity contribution in [2.75, 3.05) is 24.3 Å². The standard InChI is InChI=1S/C19H26N4O/c1-14-12-18(23-19(21-14)22-16-7-3-4-8-16)20-11-10-15-6-5-9-17(13-15)24-2/h5-6,9,12-13,16H,3-4,7-8,10-11H2,1-2H3,(H2,20,21,22,23). The molecule has 1 heterocycles. The van der Waals surface area contributed by atoms with Crippen LogP contribution in [-0.4, -0.2) is 29.7 Å². The largest absolute Gasteiger partial charge is 0.497 e. The lowest BCUT2D eigenvalue weighted by atomic mass is 10.1. The maximum absolute atomic E-state index is 5.26. The molecular formula is C19H26N4O. The van der Waals surface area contributed by atoms with Crippen LogP contribution in [-0.2, 0) is 6.42 Å². The topological polar surface area (TPSA) is 59.1 Å². The van der Waals surface area contributed by atoms with Crippen LogP contribution in [0.1, 0.15) is 36.9 Å². The lowest BCUT2D eigenvalue weighted by Gasteiger charge is -2.14. The Morgan fingerprint density at radius 2 is 2.00 bits per heavy atom. The number of hydrogen-bond acceptors (Lipinski definition) is 5. The quantitative estimate of drug-likeness (QED) is 0.810. The van der Waals surface area contributed by atoms with Gasteiger partial charge in [0, 0.05) is 24.3 Å². The molecule has 2 N–H and O–H groups in total. The second kappa shape index (κ2) is 7.99. The minimum absolute atomic E-state index is 0.524. The summed E-state index contributed by atoms with van der Waals surface area (Å²) < 4.78 is 5.26. The van der Waals surface area contributed by atoms with Crippen LogP contribution >= 0.6 is 0 Å².